The average Bonchev–Trinajstić information content (AvgIpc) is 1.53. The van der Waals surface area contributed by atoms with Gasteiger partial charge in [-0.25, -0.2) is 8.42 Å². The van der Waals surface area contributed by atoms with E-state index in [1.54, 1.807) is 0 Å². The van der Waals surface area contributed by atoms with Crippen molar-refractivity contribution in [3.05, 3.63) is 0 Å². The second kappa shape index (κ2) is 2.07. The first-order chi connectivity index (χ1) is 4.83. The van der Waals surface area contributed by atoms with Crippen LogP contribution in [0.3, 0.4) is 0 Å². The van der Waals surface area contributed by atoms with E-state index >= 15 is 0 Å². The second-order valence-electron chi connectivity index (χ2n) is 3.86. The highest BCUT2D eigenvalue weighted by molar-refractivity contribution is 14.1. The van der Waals surface area contributed by atoms with Crippen molar-refractivity contribution in [3.8, 4) is 0 Å². The van der Waals surface area contributed by atoms with E-state index in [-0.39, 0.29) is 11.2 Å². The van der Waals surface area contributed by atoms with Crippen molar-refractivity contribution >= 4 is 42.3 Å². The minimum Gasteiger partial charge on any atom is -0.212 e. The predicted molar refractivity (Wildman–Crippen MR) is 52.7 cm³/mol. The SMILES string of the molecule is O=S(=O)(Cl)CC12CC(I)(C1)C2. The monoisotopic (exact) mass is 306 g/mol. The molecule has 0 atom stereocenters. The Balaban J connectivity index is 2.02. The van der Waals surface area contributed by atoms with Crippen LogP contribution in [0.5, 0.6) is 0 Å². The van der Waals surface area contributed by atoms with Gasteiger partial charge in [-0.1, -0.05) is 22.6 Å². The number of hydrogen-bond acceptors (Lipinski definition) is 2. The van der Waals surface area contributed by atoms with Crippen molar-refractivity contribution in [2.45, 2.75) is 22.7 Å². The third kappa shape index (κ3) is 1.42. The molecule has 2 nitrogen and oxygen atoms in total. The van der Waals surface area contributed by atoms with E-state index in [9.17, 15) is 8.42 Å². The zero-order chi connectivity index (χ0) is 8.33. The zero-order valence-electron chi connectivity index (χ0n) is 5.81. The molecule has 3 saturated carbocycles. The van der Waals surface area contributed by atoms with Gasteiger partial charge in [0.2, 0.25) is 9.05 Å². The van der Waals surface area contributed by atoms with E-state index in [0.29, 0.717) is 3.42 Å². The highest BCUT2D eigenvalue weighted by Gasteiger charge is 2.67. The lowest BCUT2D eigenvalue weighted by molar-refractivity contribution is -0.0391. The third-order valence-electron chi connectivity index (χ3n) is 2.55. The Morgan fingerprint density at radius 1 is 1.36 bits per heavy atom. The van der Waals surface area contributed by atoms with Crippen LogP contribution >= 0.6 is 33.3 Å². The standard InChI is InChI=1S/C6H8ClIO2S/c7-11(9,10)4-5-1-6(8,2-5)3-5/h1-4H2. The molecule has 3 aliphatic carbocycles. The van der Waals surface area contributed by atoms with Crippen molar-refractivity contribution < 1.29 is 8.42 Å². The van der Waals surface area contributed by atoms with Crippen LogP contribution in [-0.4, -0.2) is 17.6 Å². The van der Waals surface area contributed by atoms with Gasteiger partial charge < -0.3 is 0 Å². The first-order valence-electron chi connectivity index (χ1n) is 3.44. The molecule has 0 saturated heterocycles. The van der Waals surface area contributed by atoms with Gasteiger partial charge in [-0.05, 0) is 24.7 Å². The lowest BCUT2D eigenvalue weighted by atomic mass is 9.45. The molecule has 0 aliphatic heterocycles. The van der Waals surface area contributed by atoms with Gasteiger partial charge in [-0.3, -0.25) is 0 Å². The Hall–Kier alpha value is 0.970. The third-order valence-corrected chi connectivity index (χ3v) is 4.98. The molecule has 5 heteroatoms. The Morgan fingerprint density at radius 2 is 1.82 bits per heavy atom. The first-order valence-corrected chi connectivity index (χ1v) is 7.00. The summed E-state index contributed by atoms with van der Waals surface area (Å²) in [4.78, 5) is 0. The van der Waals surface area contributed by atoms with Gasteiger partial charge in [0.05, 0.1) is 5.75 Å². The van der Waals surface area contributed by atoms with Gasteiger partial charge in [-0.15, -0.1) is 0 Å². The van der Waals surface area contributed by atoms with Crippen LogP contribution in [0.2, 0.25) is 0 Å². The van der Waals surface area contributed by atoms with Crippen LogP contribution in [0.25, 0.3) is 0 Å². The normalized spacial score (nSPS) is 47.8. The summed E-state index contributed by atoms with van der Waals surface area (Å²) in [5.74, 6) is 0.187. The van der Waals surface area contributed by atoms with E-state index in [0.717, 1.165) is 19.3 Å². The lowest BCUT2D eigenvalue weighted by Gasteiger charge is -2.67. The Bertz CT molecular complexity index is 278. The molecule has 64 valence electrons. The highest BCUT2D eigenvalue weighted by Crippen LogP contribution is 2.72. The molecule has 0 aromatic rings. The lowest BCUT2D eigenvalue weighted by Crippen LogP contribution is -2.65. The first kappa shape index (κ1) is 8.56. The minimum absolute atomic E-state index is 0.0851. The van der Waals surface area contributed by atoms with Crippen LogP contribution in [0, 0.1) is 5.41 Å². The van der Waals surface area contributed by atoms with Gasteiger partial charge in [0.25, 0.3) is 0 Å². The molecule has 11 heavy (non-hydrogen) atoms. The summed E-state index contributed by atoms with van der Waals surface area (Å²) in [6.07, 6.45) is 3.14. The number of alkyl halides is 1. The van der Waals surface area contributed by atoms with Crippen LogP contribution in [-0.2, 0) is 9.05 Å². The van der Waals surface area contributed by atoms with E-state index in [1.807, 2.05) is 0 Å². The topological polar surface area (TPSA) is 34.1 Å². The predicted octanol–water partition coefficient (Wildman–Crippen LogP) is 1.91. The molecule has 0 N–H and O–H groups in total. The molecular formula is C6H8ClIO2S. The summed E-state index contributed by atoms with van der Waals surface area (Å²) in [6.45, 7) is 0. The highest BCUT2D eigenvalue weighted by atomic mass is 127. The van der Waals surface area contributed by atoms with Crippen LogP contribution in [0.1, 0.15) is 19.3 Å². The fourth-order valence-electron chi connectivity index (χ4n) is 2.38. The quantitative estimate of drug-likeness (QED) is 0.444. The molecule has 3 fully saturated rings. The summed E-state index contributed by atoms with van der Waals surface area (Å²) < 4.78 is 21.9. The molecule has 0 amide bonds. The summed E-state index contributed by atoms with van der Waals surface area (Å²) in [7, 11) is 1.91. The molecule has 2 bridgehead atoms. The number of halogens is 2. The fraction of sp³-hybridized carbons (Fsp3) is 1.00. The fourth-order valence-corrected chi connectivity index (χ4v) is 6.54. The van der Waals surface area contributed by atoms with Crippen LogP contribution < -0.4 is 0 Å². The maximum atomic E-state index is 10.7. The van der Waals surface area contributed by atoms with Gasteiger partial charge in [0.1, 0.15) is 0 Å². The number of hydrogen-bond donors (Lipinski definition) is 0. The largest absolute Gasteiger partial charge is 0.233 e. The molecule has 3 aliphatic rings. The Kier molecular flexibility index (Phi) is 1.61. The molecule has 0 aromatic carbocycles. The second-order valence-corrected chi connectivity index (χ2v) is 8.93. The van der Waals surface area contributed by atoms with Crippen molar-refractivity contribution in [1.82, 2.24) is 0 Å². The van der Waals surface area contributed by atoms with E-state index in [2.05, 4.69) is 22.6 Å². The van der Waals surface area contributed by atoms with E-state index in [4.69, 9.17) is 10.7 Å². The van der Waals surface area contributed by atoms with Gasteiger partial charge >= 0.3 is 0 Å². The van der Waals surface area contributed by atoms with Crippen LogP contribution in [0.15, 0.2) is 0 Å². The van der Waals surface area contributed by atoms with Crippen LogP contribution in [0.4, 0.5) is 0 Å². The van der Waals surface area contributed by atoms with E-state index < -0.39 is 9.05 Å². The Labute approximate surface area is 84.2 Å². The summed E-state index contributed by atoms with van der Waals surface area (Å²) in [5.41, 5.74) is 0.0851. The molecule has 0 heterocycles. The van der Waals surface area contributed by atoms with Gasteiger partial charge in [0.15, 0.2) is 0 Å². The molecule has 0 spiro atoms. The molecule has 0 aromatic heterocycles. The number of rotatable bonds is 2. The summed E-state index contributed by atoms with van der Waals surface area (Å²) >= 11 is 2.42. The maximum Gasteiger partial charge on any atom is 0.233 e. The Morgan fingerprint density at radius 3 is 2.09 bits per heavy atom. The van der Waals surface area contributed by atoms with Gasteiger partial charge in [-0.2, -0.15) is 0 Å². The van der Waals surface area contributed by atoms with Crippen molar-refractivity contribution in [2.24, 2.45) is 5.41 Å². The summed E-state index contributed by atoms with van der Waals surface area (Å²) in [6, 6.07) is 0. The smallest absolute Gasteiger partial charge is 0.212 e. The maximum absolute atomic E-state index is 10.7. The molecule has 3 rings (SSSR count). The molecule has 0 unspecified atom stereocenters. The molecule has 0 radical (unpaired) electrons. The minimum atomic E-state index is -3.26. The zero-order valence-corrected chi connectivity index (χ0v) is 9.54. The van der Waals surface area contributed by atoms with Crippen molar-refractivity contribution in [2.75, 3.05) is 5.75 Å². The average molecular weight is 307 g/mol. The van der Waals surface area contributed by atoms with E-state index in [1.165, 1.54) is 0 Å². The molecular weight excluding hydrogens is 298 g/mol. The summed E-state index contributed by atoms with van der Waals surface area (Å²) in [5, 5.41) is 0. The van der Waals surface area contributed by atoms with Crippen molar-refractivity contribution in [1.29, 1.82) is 0 Å². The van der Waals surface area contributed by atoms with Crippen molar-refractivity contribution in [3.63, 3.8) is 0 Å². The van der Waals surface area contributed by atoms with Gasteiger partial charge in [0, 0.05) is 14.1 Å².